The van der Waals surface area contributed by atoms with Gasteiger partial charge in [-0.2, -0.15) is 0 Å². The molecular formula is C20H25ClN2OS. The Morgan fingerprint density at radius 3 is 2.60 bits per heavy atom. The van der Waals surface area contributed by atoms with E-state index < -0.39 is 0 Å². The third-order valence-electron chi connectivity index (χ3n) is 4.32. The first kappa shape index (κ1) is 19.8. The fraction of sp³-hybridized carbons (Fsp3) is 0.350. The van der Waals surface area contributed by atoms with E-state index in [1.807, 2.05) is 30.3 Å². The summed E-state index contributed by atoms with van der Waals surface area (Å²) in [5, 5.41) is 6.28. The molecule has 1 heterocycles. The number of rotatable bonds is 5. The minimum atomic E-state index is -0.229. The minimum Gasteiger partial charge on any atom is -0.351 e. The SMILES string of the molecule is Cc1ccc(SC(C(=O)NC2CCNC2)c2ccccc2)c(C)c1.Cl. The lowest BCUT2D eigenvalue weighted by Gasteiger charge is -2.20. The van der Waals surface area contributed by atoms with Crippen LogP contribution in [-0.2, 0) is 4.79 Å². The molecule has 1 aliphatic rings. The van der Waals surface area contributed by atoms with Crippen LogP contribution in [0.3, 0.4) is 0 Å². The highest BCUT2D eigenvalue weighted by Gasteiger charge is 2.26. The average molecular weight is 377 g/mol. The van der Waals surface area contributed by atoms with E-state index in [-0.39, 0.29) is 29.6 Å². The molecule has 3 nitrogen and oxygen atoms in total. The van der Waals surface area contributed by atoms with E-state index >= 15 is 0 Å². The molecule has 0 bridgehead atoms. The Morgan fingerprint density at radius 1 is 1.20 bits per heavy atom. The van der Waals surface area contributed by atoms with Crippen molar-refractivity contribution in [2.24, 2.45) is 0 Å². The summed E-state index contributed by atoms with van der Waals surface area (Å²) < 4.78 is 0. The smallest absolute Gasteiger partial charge is 0.238 e. The number of thioether (sulfide) groups is 1. The van der Waals surface area contributed by atoms with Crippen molar-refractivity contribution in [2.75, 3.05) is 13.1 Å². The lowest BCUT2D eigenvalue weighted by Crippen LogP contribution is -2.38. The van der Waals surface area contributed by atoms with Gasteiger partial charge in [0.25, 0.3) is 0 Å². The van der Waals surface area contributed by atoms with Crippen molar-refractivity contribution in [1.29, 1.82) is 0 Å². The number of halogens is 1. The first-order valence-corrected chi connectivity index (χ1v) is 9.31. The molecule has 2 aromatic rings. The lowest BCUT2D eigenvalue weighted by molar-refractivity contribution is -0.121. The van der Waals surface area contributed by atoms with Crippen molar-refractivity contribution in [3.63, 3.8) is 0 Å². The monoisotopic (exact) mass is 376 g/mol. The van der Waals surface area contributed by atoms with Gasteiger partial charge in [-0.15, -0.1) is 24.2 Å². The molecule has 2 atom stereocenters. The van der Waals surface area contributed by atoms with Crippen molar-refractivity contribution >= 4 is 30.1 Å². The van der Waals surface area contributed by atoms with Crippen molar-refractivity contribution < 1.29 is 4.79 Å². The van der Waals surface area contributed by atoms with E-state index in [0.29, 0.717) is 0 Å². The van der Waals surface area contributed by atoms with Crippen LogP contribution in [0, 0.1) is 13.8 Å². The summed E-state index contributed by atoms with van der Waals surface area (Å²) in [7, 11) is 0. The molecule has 1 saturated heterocycles. The largest absolute Gasteiger partial charge is 0.351 e. The molecule has 0 aliphatic carbocycles. The molecular weight excluding hydrogens is 352 g/mol. The molecule has 0 aromatic heterocycles. The number of hydrogen-bond acceptors (Lipinski definition) is 3. The Labute approximate surface area is 160 Å². The maximum absolute atomic E-state index is 12.9. The van der Waals surface area contributed by atoms with Gasteiger partial charge < -0.3 is 10.6 Å². The third-order valence-corrected chi connectivity index (χ3v) is 5.76. The fourth-order valence-corrected chi connectivity index (χ4v) is 4.13. The van der Waals surface area contributed by atoms with E-state index in [2.05, 4.69) is 42.7 Å². The van der Waals surface area contributed by atoms with Gasteiger partial charge in [0.15, 0.2) is 0 Å². The number of hydrogen-bond donors (Lipinski definition) is 2. The predicted octanol–water partition coefficient (Wildman–Crippen LogP) is 4.04. The highest BCUT2D eigenvalue weighted by Crippen LogP contribution is 2.37. The molecule has 1 aliphatic heterocycles. The third kappa shape index (κ3) is 5.24. The molecule has 1 fully saturated rings. The van der Waals surface area contributed by atoms with Crippen LogP contribution in [0.2, 0.25) is 0 Å². The summed E-state index contributed by atoms with van der Waals surface area (Å²) in [6.07, 6.45) is 1.00. The average Bonchev–Trinajstić information content (AvgIpc) is 3.08. The first-order chi connectivity index (χ1) is 11.6. The number of aryl methyl sites for hydroxylation is 2. The van der Waals surface area contributed by atoms with Gasteiger partial charge in [-0.25, -0.2) is 0 Å². The maximum atomic E-state index is 12.9. The molecule has 0 spiro atoms. The second-order valence-corrected chi connectivity index (χ2v) is 7.52. The quantitative estimate of drug-likeness (QED) is 0.774. The van der Waals surface area contributed by atoms with Gasteiger partial charge in [0.1, 0.15) is 5.25 Å². The maximum Gasteiger partial charge on any atom is 0.238 e. The Kier molecular flexibility index (Phi) is 7.36. The Hall–Kier alpha value is -1.49. The molecule has 0 saturated carbocycles. The van der Waals surface area contributed by atoms with Crippen LogP contribution < -0.4 is 10.6 Å². The zero-order valence-electron chi connectivity index (χ0n) is 14.6. The second-order valence-electron chi connectivity index (χ2n) is 6.38. The fourth-order valence-electron chi connectivity index (χ4n) is 3.01. The Bertz CT molecular complexity index is 702. The van der Waals surface area contributed by atoms with Gasteiger partial charge >= 0.3 is 0 Å². The first-order valence-electron chi connectivity index (χ1n) is 8.43. The highest BCUT2D eigenvalue weighted by molar-refractivity contribution is 8.00. The number of carbonyl (C=O) groups excluding carboxylic acids is 1. The van der Waals surface area contributed by atoms with Crippen LogP contribution in [-0.4, -0.2) is 25.0 Å². The van der Waals surface area contributed by atoms with Gasteiger partial charge in [-0.05, 0) is 44.0 Å². The van der Waals surface area contributed by atoms with Gasteiger partial charge in [-0.1, -0.05) is 48.0 Å². The molecule has 25 heavy (non-hydrogen) atoms. The number of nitrogens with one attached hydrogen (secondary N) is 2. The minimum absolute atomic E-state index is 0. The standard InChI is InChI=1S/C20H24N2OS.ClH/c1-14-8-9-18(15(2)12-14)24-19(16-6-4-3-5-7-16)20(23)22-17-10-11-21-13-17;/h3-9,12,17,19,21H,10-11,13H2,1-2H3,(H,22,23);1H. The van der Waals surface area contributed by atoms with Crippen molar-refractivity contribution in [2.45, 2.75) is 36.5 Å². The van der Waals surface area contributed by atoms with Crippen molar-refractivity contribution in [3.05, 3.63) is 65.2 Å². The Balaban J connectivity index is 0.00000225. The van der Waals surface area contributed by atoms with E-state index in [0.717, 1.165) is 30.0 Å². The zero-order valence-corrected chi connectivity index (χ0v) is 16.3. The van der Waals surface area contributed by atoms with Gasteiger partial charge in [0.2, 0.25) is 5.91 Å². The number of amides is 1. The summed E-state index contributed by atoms with van der Waals surface area (Å²) in [4.78, 5) is 14.1. The molecule has 2 unspecified atom stereocenters. The topological polar surface area (TPSA) is 41.1 Å². The summed E-state index contributed by atoms with van der Waals surface area (Å²) in [5.74, 6) is 0.0971. The lowest BCUT2D eigenvalue weighted by atomic mass is 10.1. The van der Waals surface area contributed by atoms with Crippen LogP contribution in [0.5, 0.6) is 0 Å². The van der Waals surface area contributed by atoms with Gasteiger partial charge in [-0.3, -0.25) is 4.79 Å². The van der Waals surface area contributed by atoms with Crippen LogP contribution in [0.4, 0.5) is 0 Å². The Morgan fingerprint density at radius 2 is 1.96 bits per heavy atom. The molecule has 2 aromatic carbocycles. The number of carbonyl (C=O) groups is 1. The molecule has 3 rings (SSSR count). The van der Waals surface area contributed by atoms with Crippen LogP contribution in [0.15, 0.2) is 53.4 Å². The second kappa shape index (κ2) is 9.27. The zero-order chi connectivity index (χ0) is 16.9. The van der Waals surface area contributed by atoms with Gasteiger partial charge in [0.05, 0.1) is 0 Å². The van der Waals surface area contributed by atoms with Crippen LogP contribution in [0.1, 0.15) is 28.4 Å². The summed E-state index contributed by atoms with van der Waals surface area (Å²) in [6.45, 7) is 6.04. The van der Waals surface area contributed by atoms with E-state index in [4.69, 9.17) is 0 Å². The van der Waals surface area contributed by atoms with E-state index in [9.17, 15) is 4.79 Å². The van der Waals surface area contributed by atoms with E-state index in [1.54, 1.807) is 11.8 Å². The summed E-state index contributed by atoms with van der Waals surface area (Å²) >= 11 is 1.64. The number of benzene rings is 2. The highest BCUT2D eigenvalue weighted by atomic mass is 35.5. The summed E-state index contributed by atoms with van der Waals surface area (Å²) in [5.41, 5.74) is 3.51. The van der Waals surface area contributed by atoms with Gasteiger partial charge in [0, 0.05) is 17.5 Å². The van der Waals surface area contributed by atoms with Crippen LogP contribution in [0.25, 0.3) is 0 Å². The molecule has 1 amide bonds. The summed E-state index contributed by atoms with van der Waals surface area (Å²) in [6, 6.07) is 16.7. The molecule has 2 N–H and O–H groups in total. The van der Waals surface area contributed by atoms with Crippen LogP contribution >= 0.6 is 24.2 Å². The molecule has 134 valence electrons. The normalized spacial score (nSPS) is 17.6. The van der Waals surface area contributed by atoms with Crippen molar-refractivity contribution in [3.8, 4) is 0 Å². The predicted molar refractivity (Wildman–Crippen MR) is 108 cm³/mol. The molecule has 5 heteroatoms. The van der Waals surface area contributed by atoms with Crippen molar-refractivity contribution in [1.82, 2.24) is 10.6 Å². The van der Waals surface area contributed by atoms with E-state index in [1.165, 1.54) is 11.1 Å². The molecule has 0 radical (unpaired) electrons.